The van der Waals surface area contributed by atoms with Gasteiger partial charge in [0.15, 0.2) is 0 Å². The first-order chi connectivity index (χ1) is 12.9. The summed E-state index contributed by atoms with van der Waals surface area (Å²) in [6.45, 7) is 2.00. The topological polar surface area (TPSA) is 70.7 Å². The zero-order chi connectivity index (χ0) is 19.0. The Morgan fingerprint density at radius 1 is 1.15 bits per heavy atom. The van der Waals surface area contributed by atoms with E-state index in [4.69, 9.17) is 4.98 Å². The number of nitrogens with one attached hydrogen (secondary N) is 2. The Morgan fingerprint density at radius 2 is 1.96 bits per heavy atom. The van der Waals surface area contributed by atoms with Crippen LogP contribution in [0.15, 0.2) is 65.8 Å². The summed E-state index contributed by atoms with van der Waals surface area (Å²) < 4.78 is 12.2. The molecule has 2 aromatic carbocycles. The van der Waals surface area contributed by atoms with Gasteiger partial charge in [0.2, 0.25) is 5.95 Å². The van der Waals surface area contributed by atoms with E-state index in [1.54, 1.807) is 6.26 Å². The minimum Gasteiger partial charge on any atom is -0.361 e. The van der Waals surface area contributed by atoms with Gasteiger partial charge in [-0.3, -0.25) is 4.21 Å². The van der Waals surface area contributed by atoms with Gasteiger partial charge in [0.05, 0.1) is 5.69 Å². The summed E-state index contributed by atoms with van der Waals surface area (Å²) in [5, 5.41) is 4.33. The largest absolute Gasteiger partial charge is 0.361 e. The van der Waals surface area contributed by atoms with Gasteiger partial charge in [-0.05, 0) is 58.2 Å². The predicted molar refractivity (Wildman–Crippen MR) is 113 cm³/mol. The van der Waals surface area contributed by atoms with Gasteiger partial charge in [-0.1, -0.05) is 18.2 Å². The zero-order valence-corrected chi connectivity index (χ0v) is 16.0. The molecule has 0 amide bonds. The van der Waals surface area contributed by atoms with Gasteiger partial charge in [-0.15, -0.1) is 0 Å². The first kappa shape index (κ1) is 17.3. The summed E-state index contributed by atoms with van der Waals surface area (Å²) in [7, 11) is -2.28. The second-order valence-electron chi connectivity index (χ2n) is 6.63. The highest BCUT2D eigenvalue weighted by molar-refractivity contribution is 7.99. The number of nitrogens with zero attached hydrogens (tertiary/aromatic N) is 2. The first-order valence-corrected chi connectivity index (χ1v) is 10.6. The summed E-state index contributed by atoms with van der Waals surface area (Å²) in [5.74, 6) is 4.24. The third-order valence-corrected chi connectivity index (χ3v) is 5.66. The molecule has 0 aliphatic rings. The molecule has 2 aromatic heterocycles. The second-order valence-corrected chi connectivity index (χ2v) is 9.11. The molecule has 5 nitrogen and oxygen atoms in total. The Balaban J connectivity index is 1.75. The molecule has 0 saturated carbocycles. The van der Waals surface area contributed by atoms with Crippen LogP contribution < -0.4 is 5.32 Å². The van der Waals surface area contributed by atoms with E-state index in [1.807, 2.05) is 55.7 Å². The van der Waals surface area contributed by atoms with Crippen molar-refractivity contribution >= 4 is 37.9 Å². The van der Waals surface area contributed by atoms with E-state index in [2.05, 4.69) is 33.3 Å². The van der Waals surface area contributed by atoms with Gasteiger partial charge in [0.25, 0.3) is 0 Å². The van der Waals surface area contributed by atoms with Crippen molar-refractivity contribution in [3.63, 3.8) is 0 Å². The number of aromatic nitrogens is 3. The molecule has 1 unspecified atom stereocenters. The number of benzene rings is 2. The highest BCUT2D eigenvalue weighted by atomic mass is 32.2. The fraction of sp³-hybridized carbons (Fsp3) is 0.0952. The molecule has 0 aliphatic heterocycles. The summed E-state index contributed by atoms with van der Waals surface area (Å²) in [4.78, 5) is 13.1. The molecule has 1 atom stereocenters. The highest BCUT2D eigenvalue weighted by Crippen LogP contribution is 2.30. The monoisotopic (exact) mass is 376 g/mol. The van der Waals surface area contributed by atoms with Crippen LogP contribution in [0, 0.1) is 6.92 Å². The minimum atomic E-state index is -2.28. The van der Waals surface area contributed by atoms with Crippen LogP contribution in [0.25, 0.3) is 22.2 Å². The Morgan fingerprint density at radius 3 is 2.78 bits per heavy atom. The van der Waals surface area contributed by atoms with Gasteiger partial charge >= 0.3 is 0 Å². The Hall–Kier alpha value is -3.12. The van der Waals surface area contributed by atoms with E-state index in [9.17, 15) is 4.21 Å². The van der Waals surface area contributed by atoms with Crippen LogP contribution >= 0.6 is 0 Å². The zero-order valence-electron chi connectivity index (χ0n) is 15.2. The van der Waals surface area contributed by atoms with E-state index >= 15 is 0 Å². The predicted octanol–water partition coefficient (Wildman–Crippen LogP) is 4.38. The summed E-state index contributed by atoms with van der Waals surface area (Å²) >= 11 is 0. The van der Waals surface area contributed by atoms with Gasteiger partial charge in [0, 0.05) is 45.7 Å². The number of fused-ring (bicyclic) bond motifs is 1. The average molecular weight is 376 g/mol. The SMILES string of the molecule is C=S(C)(=O)c1cccc(Nc2ncc(C)c(-c3cccc4[nH]ccc34)n2)c1. The smallest absolute Gasteiger partial charge is 0.227 e. The molecule has 2 N–H and O–H groups in total. The lowest BCUT2D eigenvalue weighted by Gasteiger charge is -2.11. The fourth-order valence-electron chi connectivity index (χ4n) is 3.04. The molecule has 0 aliphatic carbocycles. The van der Waals surface area contributed by atoms with Crippen molar-refractivity contribution in [1.29, 1.82) is 0 Å². The molecule has 6 heteroatoms. The number of H-pyrrole nitrogens is 1. The van der Waals surface area contributed by atoms with Crippen LogP contribution in [-0.4, -0.2) is 31.3 Å². The molecule has 4 rings (SSSR count). The van der Waals surface area contributed by atoms with E-state index in [-0.39, 0.29) is 0 Å². The fourth-order valence-corrected chi connectivity index (χ4v) is 3.78. The third kappa shape index (κ3) is 3.44. The van der Waals surface area contributed by atoms with Crippen LogP contribution in [0.1, 0.15) is 5.56 Å². The van der Waals surface area contributed by atoms with Crippen molar-refractivity contribution < 1.29 is 4.21 Å². The van der Waals surface area contributed by atoms with Crippen LogP contribution in [-0.2, 0) is 9.52 Å². The number of hydrogen-bond acceptors (Lipinski definition) is 4. The van der Waals surface area contributed by atoms with Gasteiger partial charge in [-0.2, -0.15) is 0 Å². The number of anilines is 2. The van der Waals surface area contributed by atoms with E-state index in [0.717, 1.165) is 33.4 Å². The van der Waals surface area contributed by atoms with Crippen LogP contribution in [0.3, 0.4) is 0 Å². The summed E-state index contributed by atoms with van der Waals surface area (Å²) in [6.07, 6.45) is 5.37. The molecule has 0 spiro atoms. The molecule has 0 saturated heterocycles. The van der Waals surface area contributed by atoms with Crippen molar-refractivity contribution in [3.05, 3.63) is 66.5 Å². The highest BCUT2D eigenvalue weighted by Gasteiger charge is 2.11. The van der Waals surface area contributed by atoms with Crippen molar-refractivity contribution in [2.75, 3.05) is 11.6 Å². The van der Waals surface area contributed by atoms with Crippen LogP contribution in [0.5, 0.6) is 0 Å². The third-order valence-electron chi connectivity index (χ3n) is 4.41. The Labute approximate surface area is 158 Å². The Bertz CT molecular complexity index is 1240. The maximum Gasteiger partial charge on any atom is 0.227 e. The number of rotatable bonds is 4. The molecule has 136 valence electrons. The average Bonchev–Trinajstić information content (AvgIpc) is 3.12. The van der Waals surface area contributed by atoms with Gasteiger partial charge in [0.1, 0.15) is 0 Å². The maximum atomic E-state index is 12.2. The number of aryl methyl sites for hydroxylation is 1. The van der Waals surface area contributed by atoms with Gasteiger partial charge < -0.3 is 10.3 Å². The van der Waals surface area contributed by atoms with Crippen molar-refractivity contribution in [2.24, 2.45) is 0 Å². The summed E-state index contributed by atoms with van der Waals surface area (Å²) in [5.41, 5.74) is 4.78. The maximum absolute atomic E-state index is 12.2. The van der Waals surface area contributed by atoms with Crippen LogP contribution in [0.4, 0.5) is 11.6 Å². The molecular weight excluding hydrogens is 356 g/mol. The van der Waals surface area contributed by atoms with Crippen molar-refractivity contribution in [2.45, 2.75) is 11.8 Å². The quantitative estimate of drug-likeness (QED) is 0.519. The minimum absolute atomic E-state index is 0.493. The lowest BCUT2D eigenvalue weighted by molar-refractivity contribution is 0.685. The molecule has 0 radical (unpaired) electrons. The first-order valence-electron chi connectivity index (χ1n) is 8.51. The number of hydrogen-bond donors (Lipinski definition) is 2. The lowest BCUT2D eigenvalue weighted by atomic mass is 10.0. The summed E-state index contributed by atoms with van der Waals surface area (Å²) in [6, 6.07) is 15.5. The number of aromatic amines is 1. The molecule has 0 fully saturated rings. The second kappa shape index (κ2) is 6.55. The lowest BCUT2D eigenvalue weighted by Crippen LogP contribution is -2.02. The standard InChI is InChI=1S/C21H20N4OS/c1-14-13-23-21(24-15-6-4-7-16(12-15)27(2,3)26)25-20(14)18-8-5-9-19-17(18)10-11-22-19/h4-13,22H,2H2,1,3H3,(H,23,24,25). The van der Waals surface area contributed by atoms with Crippen molar-refractivity contribution in [1.82, 2.24) is 15.0 Å². The normalized spacial score (nSPS) is 13.4. The molecule has 0 bridgehead atoms. The van der Waals surface area contributed by atoms with Crippen molar-refractivity contribution in [3.8, 4) is 11.3 Å². The van der Waals surface area contributed by atoms with E-state index in [0.29, 0.717) is 10.8 Å². The van der Waals surface area contributed by atoms with E-state index < -0.39 is 9.52 Å². The Kier molecular flexibility index (Phi) is 4.20. The molecule has 4 aromatic rings. The van der Waals surface area contributed by atoms with Gasteiger partial charge in [-0.25, -0.2) is 9.97 Å². The van der Waals surface area contributed by atoms with Crippen LogP contribution in [0.2, 0.25) is 0 Å². The molecular formula is C21H20N4OS. The van der Waals surface area contributed by atoms with E-state index in [1.165, 1.54) is 0 Å². The molecule has 2 heterocycles. The molecule has 27 heavy (non-hydrogen) atoms.